The van der Waals surface area contributed by atoms with Gasteiger partial charge in [-0.1, -0.05) is 38.1 Å². The number of hydrogen-bond acceptors (Lipinski definition) is 4. The molecular formula is C16H17NO2S. The summed E-state index contributed by atoms with van der Waals surface area (Å²) in [7, 11) is 0. The van der Waals surface area contributed by atoms with E-state index in [1.54, 1.807) is 0 Å². The summed E-state index contributed by atoms with van der Waals surface area (Å²) < 4.78 is 5.05. The van der Waals surface area contributed by atoms with Gasteiger partial charge in [-0.15, -0.1) is 11.3 Å². The molecule has 0 spiro atoms. The number of rotatable bonds is 2. The molecule has 0 aliphatic heterocycles. The van der Waals surface area contributed by atoms with Gasteiger partial charge in [-0.05, 0) is 24.3 Å². The highest BCUT2D eigenvalue weighted by Gasteiger charge is 2.34. The van der Waals surface area contributed by atoms with Crippen LogP contribution in [-0.4, -0.2) is 17.6 Å². The largest absolute Gasteiger partial charge is 0.461 e. The molecule has 1 aliphatic carbocycles. The number of benzene rings is 1. The van der Waals surface area contributed by atoms with Crippen molar-refractivity contribution in [3.63, 3.8) is 0 Å². The molecule has 0 fully saturated rings. The highest BCUT2D eigenvalue weighted by molar-refractivity contribution is 7.14. The topological polar surface area (TPSA) is 39.2 Å². The third-order valence-electron chi connectivity index (χ3n) is 3.66. The molecular weight excluding hydrogens is 270 g/mol. The smallest absolute Gasteiger partial charge is 0.367 e. The number of fused-ring (bicyclic) bond motifs is 3. The molecule has 0 atom stereocenters. The number of ether oxygens (including phenoxy) is 1. The number of aromatic nitrogens is 1. The lowest BCUT2D eigenvalue weighted by molar-refractivity contribution is 0.0526. The van der Waals surface area contributed by atoms with E-state index in [4.69, 9.17) is 4.74 Å². The lowest BCUT2D eigenvalue weighted by Gasteiger charge is -2.31. The predicted molar refractivity (Wildman–Crippen MR) is 80.2 cm³/mol. The molecule has 3 rings (SSSR count). The van der Waals surface area contributed by atoms with Gasteiger partial charge in [0.25, 0.3) is 0 Å². The maximum Gasteiger partial charge on any atom is 0.367 e. The standard InChI is InChI=1S/C16H17NO2S/c1-4-19-15(18)14-17-13-10-7-5-6-8-11(10)16(2,3)9-12(13)20-14/h5-8H,4,9H2,1-3H3. The second-order valence-electron chi connectivity index (χ2n) is 5.62. The first-order valence-electron chi connectivity index (χ1n) is 6.79. The van der Waals surface area contributed by atoms with Gasteiger partial charge in [-0.25, -0.2) is 9.78 Å². The molecule has 1 heterocycles. The number of carbonyl (C=O) groups excluding carboxylic acids is 1. The Kier molecular flexibility index (Phi) is 3.13. The summed E-state index contributed by atoms with van der Waals surface area (Å²) in [6, 6.07) is 8.32. The van der Waals surface area contributed by atoms with Gasteiger partial charge in [0.05, 0.1) is 12.3 Å². The minimum atomic E-state index is -0.317. The van der Waals surface area contributed by atoms with Crippen LogP contribution in [0.1, 0.15) is 41.0 Å². The maximum atomic E-state index is 11.9. The van der Waals surface area contributed by atoms with Gasteiger partial charge in [0, 0.05) is 10.4 Å². The Morgan fingerprint density at radius 3 is 2.90 bits per heavy atom. The molecule has 3 nitrogen and oxygen atoms in total. The maximum absolute atomic E-state index is 11.9. The van der Waals surface area contributed by atoms with E-state index >= 15 is 0 Å². The monoisotopic (exact) mass is 287 g/mol. The molecule has 1 aromatic carbocycles. The number of thiazole rings is 1. The molecule has 0 bridgehead atoms. The lowest BCUT2D eigenvalue weighted by Crippen LogP contribution is -2.24. The van der Waals surface area contributed by atoms with Crippen LogP contribution in [0.3, 0.4) is 0 Å². The second-order valence-corrected chi connectivity index (χ2v) is 6.70. The van der Waals surface area contributed by atoms with Crippen molar-refractivity contribution in [3.05, 3.63) is 39.7 Å². The fourth-order valence-corrected chi connectivity index (χ4v) is 3.94. The van der Waals surface area contributed by atoms with E-state index in [0.29, 0.717) is 11.6 Å². The van der Waals surface area contributed by atoms with Crippen LogP contribution in [0.2, 0.25) is 0 Å². The molecule has 1 aromatic heterocycles. The Bertz CT molecular complexity index is 673. The minimum Gasteiger partial charge on any atom is -0.461 e. The third kappa shape index (κ3) is 2.04. The molecule has 2 aromatic rings. The summed E-state index contributed by atoms with van der Waals surface area (Å²) in [5.41, 5.74) is 3.47. The van der Waals surface area contributed by atoms with Gasteiger partial charge >= 0.3 is 5.97 Å². The summed E-state index contributed by atoms with van der Waals surface area (Å²) in [5, 5.41) is 0.462. The molecule has 0 N–H and O–H groups in total. The van der Waals surface area contributed by atoms with E-state index in [1.807, 2.05) is 13.0 Å². The molecule has 0 amide bonds. The molecule has 0 unspecified atom stereocenters. The molecule has 1 aliphatic rings. The van der Waals surface area contributed by atoms with Crippen LogP contribution >= 0.6 is 11.3 Å². The van der Waals surface area contributed by atoms with Gasteiger partial charge in [0.2, 0.25) is 5.01 Å². The Morgan fingerprint density at radius 1 is 1.40 bits per heavy atom. The van der Waals surface area contributed by atoms with E-state index in [-0.39, 0.29) is 11.4 Å². The van der Waals surface area contributed by atoms with Crippen LogP contribution in [0.4, 0.5) is 0 Å². The van der Waals surface area contributed by atoms with Crippen molar-refractivity contribution in [1.29, 1.82) is 0 Å². The van der Waals surface area contributed by atoms with Crippen molar-refractivity contribution in [2.24, 2.45) is 0 Å². The second kappa shape index (κ2) is 4.70. The average Bonchev–Trinajstić information content (AvgIpc) is 2.82. The molecule has 4 heteroatoms. The van der Waals surface area contributed by atoms with Crippen LogP contribution in [0, 0.1) is 0 Å². The average molecular weight is 287 g/mol. The first-order valence-corrected chi connectivity index (χ1v) is 7.61. The number of nitrogens with zero attached hydrogens (tertiary/aromatic N) is 1. The van der Waals surface area contributed by atoms with Crippen molar-refractivity contribution in [3.8, 4) is 11.3 Å². The van der Waals surface area contributed by atoms with Crippen LogP contribution < -0.4 is 0 Å². The van der Waals surface area contributed by atoms with E-state index in [2.05, 4.69) is 37.0 Å². The normalized spacial score (nSPS) is 15.3. The quantitative estimate of drug-likeness (QED) is 0.788. The number of carbonyl (C=O) groups is 1. The number of hydrogen-bond donors (Lipinski definition) is 0. The minimum absolute atomic E-state index is 0.0715. The van der Waals surface area contributed by atoms with E-state index < -0.39 is 0 Å². The van der Waals surface area contributed by atoms with Crippen LogP contribution in [0.15, 0.2) is 24.3 Å². The SMILES string of the molecule is CCOC(=O)c1nc2c(s1)CC(C)(C)c1ccccc1-2. The van der Waals surface area contributed by atoms with Gasteiger partial charge in [0.1, 0.15) is 0 Å². The highest BCUT2D eigenvalue weighted by Crippen LogP contribution is 2.44. The predicted octanol–water partition coefficient (Wildman–Crippen LogP) is 3.82. The molecule has 0 saturated heterocycles. The number of esters is 1. The van der Waals surface area contributed by atoms with Crippen molar-refractivity contribution < 1.29 is 9.53 Å². The van der Waals surface area contributed by atoms with Crippen molar-refractivity contribution in [2.45, 2.75) is 32.6 Å². The summed E-state index contributed by atoms with van der Waals surface area (Å²) in [6.07, 6.45) is 0.913. The molecule has 0 radical (unpaired) electrons. The van der Waals surface area contributed by atoms with Crippen molar-refractivity contribution >= 4 is 17.3 Å². The summed E-state index contributed by atoms with van der Waals surface area (Å²) in [6.45, 7) is 6.66. The summed E-state index contributed by atoms with van der Waals surface area (Å²) in [5.74, 6) is -0.317. The zero-order valence-electron chi connectivity index (χ0n) is 11.9. The van der Waals surface area contributed by atoms with Gasteiger partial charge in [-0.2, -0.15) is 0 Å². The zero-order chi connectivity index (χ0) is 14.3. The van der Waals surface area contributed by atoms with Crippen molar-refractivity contribution in [2.75, 3.05) is 6.61 Å². The Hall–Kier alpha value is -1.68. The van der Waals surface area contributed by atoms with Crippen LogP contribution in [0.5, 0.6) is 0 Å². The first-order chi connectivity index (χ1) is 9.53. The van der Waals surface area contributed by atoms with Gasteiger partial charge in [-0.3, -0.25) is 0 Å². The Labute approximate surface area is 122 Å². The fourth-order valence-electron chi connectivity index (χ4n) is 2.74. The van der Waals surface area contributed by atoms with E-state index in [9.17, 15) is 4.79 Å². The lowest BCUT2D eigenvalue weighted by atomic mass is 9.74. The Morgan fingerprint density at radius 2 is 2.15 bits per heavy atom. The summed E-state index contributed by atoms with van der Waals surface area (Å²) >= 11 is 1.46. The Balaban J connectivity index is 2.12. The highest BCUT2D eigenvalue weighted by atomic mass is 32.1. The third-order valence-corrected chi connectivity index (χ3v) is 4.70. The summed E-state index contributed by atoms with van der Waals surface area (Å²) in [4.78, 5) is 17.6. The van der Waals surface area contributed by atoms with Crippen LogP contribution in [0.25, 0.3) is 11.3 Å². The van der Waals surface area contributed by atoms with E-state index in [0.717, 1.165) is 17.7 Å². The van der Waals surface area contributed by atoms with Gasteiger partial charge < -0.3 is 4.74 Å². The van der Waals surface area contributed by atoms with Crippen LogP contribution in [-0.2, 0) is 16.6 Å². The van der Waals surface area contributed by atoms with Crippen molar-refractivity contribution in [1.82, 2.24) is 4.98 Å². The van der Waals surface area contributed by atoms with Gasteiger partial charge in [0.15, 0.2) is 0 Å². The molecule has 104 valence electrons. The fraction of sp³-hybridized carbons (Fsp3) is 0.375. The first kappa shape index (κ1) is 13.3. The molecule has 20 heavy (non-hydrogen) atoms. The molecule has 0 saturated carbocycles. The van der Waals surface area contributed by atoms with E-state index in [1.165, 1.54) is 21.8 Å². The zero-order valence-corrected chi connectivity index (χ0v) is 12.7.